The van der Waals surface area contributed by atoms with E-state index in [9.17, 15) is 5.02 Å². The van der Waals surface area contributed by atoms with Crippen LogP contribution in [0.5, 0.6) is 0 Å². The molecule has 0 saturated carbocycles. The number of anilines is 1. The Balaban J connectivity index is 0.000000640. The van der Waals surface area contributed by atoms with E-state index in [2.05, 4.69) is 61.8 Å². The van der Waals surface area contributed by atoms with E-state index in [-0.39, 0.29) is 6.92 Å². The van der Waals surface area contributed by atoms with Crippen LogP contribution in [0.4, 0.5) is 5.69 Å². The van der Waals surface area contributed by atoms with E-state index in [1.54, 1.807) is 0 Å². The number of aromatic nitrogens is 1. The number of piperidine rings is 1. The zero-order valence-electron chi connectivity index (χ0n) is 18.5. The largest absolute Gasteiger partial charge is 0.450 e. The summed E-state index contributed by atoms with van der Waals surface area (Å²) in [5.41, 5.74) is 3.59. The van der Waals surface area contributed by atoms with Crippen molar-refractivity contribution in [3.05, 3.63) is 36.0 Å². The summed E-state index contributed by atoms with van der Waals surface area (Å²) in [6.45, 7) is 10.7. The monoisotopic (exact) mass is 382 g/mol. The van der Waals surface area contributed by atoms with Crippen molar-refractivity contribution < 1.29 is 5.02 Å². The number of rotatable bonds is 7. The van der Waals surface area contributed by atoms with Crippen LogP contribution in [0.3, 0.4) is 0 Å². The van der Waals surface area contributed by atoms with Gasteiger partial charge in [-0.3, -0.25) is 4.98 Å². The van der Waals surface area contributed by atoms with Crippen LogP contribution in [0.2, 0.25) is 12.6 Å². The standard InChI is InChI=1S/C20H29BN2O.C4H10/c1-3-9-21(24)10-6-17-7-11-23(12-8-17)19-14-18-5-4-16(2)13-20(18)22-15-19;1-3-4-2/h4-5,13-15,17,24H,3,6-12H2,1-2H3;3-4H2,1-2H3. The third-order valence-electron chi connectivity index (χ3n) is 5.83. The Kier molecular flexibility index (Phi) is 9.84. The van der Waals surface area contributed by atoms with Crippen molar-refractivity contribution in [1.82, 2.24) is 4.98 Å². The van der Waals surface area contributed by atoms with Crippen LogP contribution < -0.4 is 4.90 Å². The lowest BCUT2D eigenvalue weighted by atomic mass is 9.59. The van der Waals surface area contributed by atoms with Gasteiger partial charge in [0.15, 0.2) is 0 Å². The molecule has 3 rings (SSSR count). The quantitative estimate of drug-likeness (QED) is 0.567. The summed E-state index contributed by atoms with van der Waals surface area (Å²) in [4.78, 5) is 7.11. The highest BCUT2D eigenvalue weighted by Crippen LogP contribution is 2.28. The van der Waals surface area contributed by atoms with Crippen molar-refractivity contribution >= 4 is 23.5 Å². The minimum absolute atomic E-state index is 0.0961. The molecule has 1 N–H and O–H groups in total. The minimum Gasteiger partial charge on any atom is -0.450 e. The predicted molar refractivity (Wildman–Crippen MR) is 124 cm³/mol. The molecule has 2 heterocycles. The number of hydrogen-bond donors (Lipinski definition) is 1. The predicted octanol–water partition coefficient (Wildman–Crippen LogP) is 6.35. The van der Waals surface area contributed by atoms with Gasteiger partial charge in [0.1, 0.15) is 0 Å². The van der Waals surface area contributed by atoms with Gasteiger partial charge in [0.25, 0.3) is 6.92 Å². The molecule has 1 aromatic carbocycles. The molecule has 28 heavy (non-hydrogen) atoms. The van der Waals surface area contributed by atoms with Crippen molar-refractivity contribution in [2.45, 2.75) is 78.9 Å². The van der Waals surface area contributed by atoms with Crippen LogP contribution in [-0.4, -0.2) is 30.0 Å². The summed E-state index contributed by atoms with van der Waals surface area (Å²) < 4.78 is 0. The molecule has 2 aromatic rings. The molecule has 4 heteroatoms. The van der Waals surface area contributed by atoms with E-state index in [1.165, 1.54) is 48.7 Å². The number of benzene rings is 1. The van der Waals surface area contributed by atoms with Gasteiger partial charge in [-0.25, -0.2) is 0 Å². The van der Waals surface area contributed by atoms with Gasteiger partial charge in [0.2, 0.25) is 0 Å². The van der Waals surface area contributed by atoms with Gasteiger partial charge < -0.3 is 9.92 Å². The molecule has 1 aromatic heterocycles. The lowest BCUT2D eigenvalue weighted by Gasteiger charge is -2.33. The van der Waals surface area contributed by atoms with Gasteiger partial charge in [-0.05, 0) is 56.0 Å². The fraction of sp³-hybridized carbons (Fsp3) is 0.625. The highest BCUT2D eigenvalue weighted by atomic mass is 16.2. The lowest BCUT2D eigenvalue weighted by molar-refractivity contribution is 0.389. The second kappa shape index (κ2) is 12.1. The highest BCUT2D eigenvalue weighted by molar-refractivity contribution is 6.50. The van der Waals surface area contributed by atoms with Gasteiger partial charge >= 0.3 is 0 Å². The summed E-state index contributed by atoms with van der Waals surface area (Å²) in [5, 5.41) is 11.1. The lowest BCUT2D eigenvalue weighted by Crippen LogP contribution is -2.34. The van der Waals surface area contributed by atoms with E-state index in [1.807, 2.05) is 6.20 Å². The normalized spacial score (nSPS) is 14.7. The maximum atomic E-state index is 9.91. The van der Waals surface area contributed by atoms with Crippen molar-refractivity contribution in [1.29, 1.82) is 0 Å². The van der Waals surface area contributed by atoms with Crippen molar-refractivity contribution in [3.63, 3.8) is 0 Å². The molecule has 0 amide bonds. The molecule has 0 radical (unpaired) electrons. The summed E-state index contributed by atoms with van der Waals surface area (Å²) >= 11 is 0. The summed E-state index contributed by atoms with van der Waals surface area (Å²) in [6.07, 6.45) is 11.3. The Hall–Kier alpha value is -1.55. The molecule has 0 unspecified atom stereocenters. The first kappa shape index (κ1) is 22.7. The van der Waals surface area contributed by atoms with E-state index in [4.69, 9.17) is 0 Å². The van der Waals surface area contributed by atoms with Gasteiger partial charge in [-0.15, -0.1) is 0 Å². The Morgan fingerprint density at radius 1 is 1.04 bits per heavy atom. The average molecular weight is 382 g/mol. The van der Waals surface area contributed by atoms with E-state index in [0.717, 1.165) is 43.6 Å². The first-order valence-electron chi connectivity index (χ1n) is 11.4. The Labute approximate surface area is 172 Å². The number of pyridine rings is 1. The van der Waals surface area contributed by atoms with Gasteiger partial charge in [0, 0.05) is 18.5 Å². The van der Waals surface area contributed by atoms with E-state index >= 15 is 0 Å². The van der Waals surface area contributed by atoms with Gasteiger partial charge in [-0.2, -0.15) is 0 Å². The van der Waals surface area contributed by atoms with Gasteiger partial charge in [0.05, 0.1) is 17.4 Å². The number of hydrogen-bond acceptors (Lipinski definition) is 3. The van der Waals surface area contributed by atoms with Crippen LogP contribution >= 0.6 is 0 Å². The minimum atomic E-state index is -0.0961. The van der Waals surface area contributed by atoms with E-state index in [0.29, 0.717) is 0 Å². The Bertz CT molecular complexity index is 696. The molecular weight excluding hydrogens is 343 g/mol. The summed E-state index contributed by atoms with van der Waals surface area (Å²) in [7, 11) is 0. The van der Waals surface area contributed by atoms with Crippen molar-refractivity contribution in [2.75, 3.05) is 18.0 Å². The molecule has 154 valence electrons. The van der Waals surface area contributed by atoms with Crippen LogP contribution in [0, 0.1) is 12.8 Å². The molecule has 0 bridgehead atoms. The Morgan fingerprint density at radius 3 is 2.39 bits per heavy atom. The van der Waals surface area contributed by atoms with Crippen LogP contribution in [0.1, 0.15) is 64.9 Å². The smallest absolute Gasteiger partial charge is 0.288 e. The molecule has 0 spiro atoms. The second-order valence-corrected chi connectivity index (χ2v) is 8.34. The zero-order chi connectivity index (χ0) is 20.4. The molecule has 0 atom stereocenters. The molecule has 1 fully saturated rings. The zero-order valence-corrected chi connectivity index (χ0v) is 18.5. The molecular formula is C24H39BN2O. The average Bonchev–Trinajstić information content (AvgIpc) is 2.72. The maximum absolute atomic E-state index is 9.91. The van der Waals surface area contributed by atoms with Crippen LogP contribution in [0.25, 0.3) is 10.9 Å². The molecule has 1 saturated heterocycles. The first-order valence-corrected chi connectivity index (χ1v) is 11.4. The highest BCUT2D eigenvalue weighted by Gasteiger charge is 2.21. The van der Waals surface area contributed by atoms with Crippen LogP contribution in [-0.2, 0) is 0 Å². The SMILES string of the molecule is CCCB(O)CCC1CCN(c2cnc3cc(C)ccc3c2)CC1.CCCC. The third-order valence-corrected chi connectivity index (χ3v) is 5.83. The molecule has 1 aliphatic rings. The number of unbranched alkanes of at least 4 members (excludes halogenated alkanes) is 1. The third kappa shape index (κ3) is 7.12. The number of aryl methyl sites for hydroxylation is 1. The molecule has 0 aliphatic carbocycles. The van der Waals surface area contributed by atoms with E-state index < -0.39 is 0 Å². The fourth-order valence-electron chi connectivity index (χ4n) is 3.78. The van der Waals surface area contributed by atoms with Gasteiger partial charge in [-0.1, -0.05) is 58.6 Å². The molecule has 3 nitrogen and oxygen atoms in total. The topological polar surface area (TPSA) is 36.4 Å². The van der Waals surface area contributed by atoms with Crippen molar-refractivity contribution in [2.24, 2.45) is 5.92 Å². The van der Waals surface area contributed by atoms with Crippen LogP contribution in [0.15, 0.2) is 30.5 Å². The number of nitrogens with zero attached hydrogens (tertiary/aromatic N) is 2. The first-order chi connectivity index (χ1) is 13.6. The summed E-state index contributed by atoms with van der Waals surface area (Å²) in [6, 6.07) is 8.74. The molecule has 1 aliphatic heterocycles. The number of fused-ring (bicyclic) bond motifs is 1. The fourth-order valence-corrected chi connectivity index (χ4v) is 3.78. The summed E-state index contributed by atoms with van der Waals surface area (Å²) in [5.74, 6) is 0.767. The maximum Gasteiger partial charge on any atom is 0.288 e. The Morgan fingerprint density at radius 2 is 1.75 bits per heavy atom. The van der Waals surface area contributed by atoms with Crippen molar-refractivity contribution in [3.8, 4) is 0 Å². The second-order valence-electron chi connectivity index (χ2n) is 8.34.